The lowest BCUT2D eigenvalue weighted by Gasteiger charge is -2.16. The summed E-state index contributed by atoms with van der Waals surface area (Å²) in [6.45, 7) is 4.31. The molecule has 0 nitrogen and oxygen atoms in total. The Kier molecular flexibility index (Phi) is 0.476. The molecule has 0 atom stereocenters. The van der Waals surface area contributed by atoms with Crippen LogP contribution in [0.1, 0.15) is 13.8 Å². The molecule has 1 rings (SSSR count). The second-order valence-corrected chi connectivity index (χ2v) is 2.28. The van der Waals surface area contributed by atoms with E-state index in [1.807, 2.05) is 0 Å². The van der Waals surface area contributed by atoms with Gasteiger partial charge >= 0.3 is 0 Å². The molecule has 0 unspecified atom stereocenters. The fraction of sp³-hybridized carbons (Fsp3) is 0.500. The lowest BCUT2D eigenvalue weighted by atomic mass is 9.88. The number of hydrogen-bond donors (Lipinski definition) is 0. The van der Waals surface area contributed by atoms with Crippen LogP contribution in [0, 0.1) is 5.41 Å². The average molecular weight is 80.1 g/mol. The molecule has 0 heteroatoms. The second-order valence-electron chi connectivity index (χ2n) is 2.28. The van der Waals surface area contributed by atoms with Crippen molar-refractivity contribution in [2.24, 2.45) is 5.41 Å². The summed E-state index contributed by atoms with van der Waals surface area (Å²) < 4.78 is 0. The molecule has 0 aromatic heterocycles. The van der Waals surface area contributed by atoms with Gasteiger partial charge in [-0.3, -0.25) is 0 Å². The largest absolute Gasteiger partial charge is 0.128 e. The van der Waals surface area contributed by atoms with Crippen LogP contribution in [-0.2, 0) is 0 Å². The lowest BCUT2D eigenvalue weighted by Crippen LogP contribution is -2.05. The Morgan fingerprint density at radius 3 is 1.67 bits per heavy atom. The van der Waals surface area contributed by atoms with Crippen molar-refractivity contribution in [2.75, 3.05) is 0 Å². The van der Waals surface area contributed by atoms with Gasteiger partial charge < -0.3 is 0 Å². The molecular formula is C6H8. The molecule has 32 valence electrons. The number of allylic oxidation sites excluding steroid dienone is 1. The van der Waals surface area contributed by atoms with Gasteiger partial charge in [-0.2, -0.15) is 0 Å². The van der Waals surface area contributed by atoms with Crippen molar-refractivity contribution in [3.63, 3.8) is 0 Å². The van der Waals surface area contributed by atoms with Gasteiger partial charge in [-0.15, -0.1) is 5.73 Å². The zero-order valence-electron chi connectivity index (χ0n) is 4.15. The molecule has 0 saturated heterocycles. The van der Waals surface area contributed by atoms with Gasteiger partial charge in [0.05, 0.1) is 0 Å². The summed E-state index contributed by atoms with van der Waals surface area (Å²) in [5, 5.41) is 0. The van der Waals surface area contributed by atoms with Gasteiger partial charge in [0, 0.05) is 5.41 Å². The Labute approximate surface area is 38.2 Å². The first-order chi connectivity index (χ1) is 2.71. The number of rotatable bonds is 0. The highest BCUT2D eigenvalue weighted by atomic mass is 14.1. The first kappa shape index (κ1) is 3.70. The fourth-order valence-electron chi connectivity index (χ4n) is 0.417. The van der Waals surface area contributed by atoms with E-state index in [1.165, 1.54) is 0 Å². The van der Waals surface area contributed by atoms with Gasteiger partial charge in [0.25, 0.3) is 0 Å². The van der Waals surface area contributed by atoms with E-state index in [2.05, 4.69) is 31.7 Å². The van der Waals surface area contributed by atoms with Crippen LogP contribution >= 0.6 is 0 Å². The maximum Gasteiger partial charge on any atom is 0.0155 e. The quantitative estimate of drug-likeness (QED) is 0.389. The molecule has 0 spiro atoms. The second kappa shape index (κ2) is 0.772. The molecule has 0 aliphatic heterocycles. The molecule has 1 aliphatic carbocycles. The minimum absolute atomic E-state index is 0.361. The van der Waals surface area contributed by atoms with E-state index in [1.54, 1.807) is 0 Å². The van der Waals surface area contributed by atoms with E-state index < -0.39 is 0 Å². The third kappa shape index (κ3) is 0.395. The van der Waals surface area contributed by atoms with E-state index in [4.69, 9.17) is 0 Å². The molecule has 0 saturated carbocycles. The van der Waals surface area contributed by atoms with Crippen molar-refractivity contribution in [1.82, 2.24) is 0 Å². The first-order valence-electron chi connectivity index (χ1n) is 2.15. The van der Waals surface area contributed by atoms with E-state index in [-0.39, 0.29) is 0 Å². The predicted molar refractivity (Wildman–Crippen MR) is 26.4 cm³/mol. The third-order valence-corrected chi connectivity index (χ3v) is 0.911. The van der Waals surface area contributed by atoms with Crippen molar-refractivity contribution in [3.8, 4) is 0 Å². The maximum absolute atomic E-state index is 2.95. The van der Waals surface area contributed by atoms with Crippen LogP contribution in [0.3, 0.4) is 0 Å². The summed E-state index contributed by atoms with van der Waals surface area (Å²) in [7, 11) is 0. The summed E-state index contributed by atoms with van der Waals surface area (Å²) in [4.78, 5) is 0. The van der Waals surface area contributed by atoms with E-state index >= 15 is 0 Å². The van der Waals surface area contributed by atoms with Crippen molar-refractivity contribution >= 4 is 0 Å². The van der Waals surface area contributed by atoms with Crippen LogP contribution in [0.5, 0.6) is 0 Å². The molecular weight excluding hydrogens is 72.1 g/mol. The van der Waals surface area contributed by atoms with Crippen LogP contribution in [-0.4, -0.2) is 0 Å². The van der Waals surface area contributed by atoms with Crippen molar-refractivity contribution in [1.29, 1.82) is 0 Å². The highest BCUT2D eigenvalue weighted by Gasteiger charge is 2.12. The third-order valence-electron chi connectivity index (χ3n) is 0.911. The average Bonchev–Trinajstić information content (AvgIpc) is 1.32. The lowest BCUT2D eigenvalue weighted by molar-refractivity contribution is 0.603. The van der Waals surface area contributed by atoms with Crippen molar-refractivity contribution < 1.29 is 0 Å². The number of hydrogen-bond acceptors (Lipinski definition) is 0. The van der Waals surface area contributed by atoms with Crippen LogP contribution in [0.25, 0.3) is 0 Å². The SMILES string of the molecule is CC1(C)C=C=C1. The Morgan fingerprint density at radius 1 is 1.33 bits per heavy atom. The monoisotopic (exact) mass is 80.1 g/mol. The van der Waals surface area contributed by atoms with Crippen LogP contribution in [0.15, 0.2) is 17.9 Å². The van der Waals surface area contributed by atoms with Gasteiger partial charge in [-0.1, -0.05) is 13.8 Å². The molecule has 0 amide bonds. The molecule has 0 bridgehead atoms. The van der Waals surface area contributed by atoms with Crippen LogP contribution < -0.4 is 0 Å². The van der Waals surface area contributed by atoms with Crippen LogP contribution in [0.4, 0.5) is 0 Å². The van der Waals surface area contributed by atoms with E-state index in [0.29, 0.717) is 5.41 Å². The molecule has 0 heterocycles. The Balaban J connectivity index is 2.69. The standard InChI is InChI=1S/C6H8/c1-6(2)4-3-5-6/h4-5H,1-2H3. The Bertz CT molecular complexity index is 102. The summed E-state index contributed by atoms with van der Waals surface area (Å²) in [5.41, 5.74) is 3.31. The normalized spacial score (nSPS) is 23.7. The summed E-state index contributed by atoms with van der Waals surface area (Å²) >= 11 is 0. The fourth-order valence-corrected chi connectivity index (χ4v) is 0.417. The maximum atomic E-state index is 2.95. The predicted octanol–water partition coefficient (Wildman–Crippen LogP) is 1.74. The van der Waals surface area contributed by atoms with Crippen molar-refractivity contribution in [2.45, 2.75) is 13.8 Å². The van der Waals surface area contributed by atoms with Gasteiger partial charge in [0.1, 0.15) is 0 Å². The summed E-state index contributed by atoms with van der Waals surface area (Å²) in [6.07, 6.45) is 4.12. The zero-order valence-corrected chi connectivity index (χ0v) is 4.15. The van der Waals surface area contributed by atoms with Gasteiger partial charge in [0.15, 0.2) is 0 Å². The summed E-state index contributed by atoms with van der Waals surface area (Å²) in [5.74, 6) is 0. The first-order valence-corrected chi connectivity index (χ1v) is 2.15. The molecule has 0 aromatic rings. The Morgan fingerprint density at radius 2 is 1.67 bits per heavy atom. The molecule has 0 radical (unpaired) electrons. The molecule has 1 aliphatic rings. The molecule has 0 aromatic carbocycles. The van der Waals surface area contributed by atoms with Crippen molar-refractivity contribution in [3.05, 3.63) is 17.9 Å². The highest BCUT2D eigenvalue weighted by Crippen LogP contribution is 2.23. The van der Waals surface area contributed by atoms with Crippen LogP contribution in [0.2, 0.25) is 0 Å². The Hall–Kier alpha value is -0.480. The summed E-state index contributed by atoms with van der Waals surface area (Å²) in [6, 6.07) is 0. The van der Waals surface area contributed by atoms with Gasteiger partial charge in [0.2, 0.25) is 0 Å². The van der Waals surface area contributed by atoms with E-state index in [9.17, 15) is 0 Å². The van der Waals surface area contributed by atoms with E-state index in [0.717, 1.165) is 0 Å². The molecule has 6 heavy (non-hydrogen) atoms. The molecule has 0 N–H and O–H groups in total. The minimum Gasteiger partial charge on any atom is -0.128 e. The minimum atomic E-state index is 0.361. The molecule has 0 fully saturated rings. The van der Waals surface area contributed by atoms with Gasteiger partial charge in [-0.05, 0) is 12.2 Å². The highest BCUT2D eigenvalue weighted by molar-refractivity contribution is 5.15. The topological polar surface area (TPSA) is 0 Å². The smallest absolute Gasteiger partial charge is 0.0155 e. The zero-order chi connectivity index (χ0) is 4.62. The van der Waals surface area contributed by atoms with Gasteiger partial charge in [-0.25, -0.2) is 0 Å².